The quantitative estimate of drug-likeness (QED) is 0.784. The van der Waals surface area contributed by atoms with E-state index in [9.17, 15) is 9.59 Å². The summed E-state index contributed by atoms with van der Waals surface area (Å²) in [6, 6.07) is 6.87. The summed E-state index contributed by atoms with van der Waals surface area (Å²) in [5.41, 5.74) is 2.02. The molecule has 1 aromatic rings. The fourth-order valence-corrected chi connectivity index (χ4v) is 1.83. The molecule has 0 aliphatic rings. The molecule has 0 heterocycles. The summed E-state index contributed by atoms with van der Waals surface area (Å²) in [5, 5.41) is 11.6. The third-order valence-electron chi connectivity index (χ3n) is 3.25. The van der Waals surface area contributed by atoms with E-state index >= 15 is 0 Å². The van der Waals surface area contributed by atoms with Crippen molar-refractivity contribution in [3.63, 3.8) is 0 Å². The van der Waals surface area contributed by atoms with Gasteiger partial charge in [0.25, 0.3) is 0 Å². The first-order chi connectivity index (χ1) is 9.43. The molecule has 2 N–H and O–H groups in total. The zero-order valence-electron chi connectivity index (χ0n) is 12.1. The summed E-state index contributed by atoms with van der Waals surface area (Å²) in [4.78, 5) is 22.9. The zero-order valence-corrected chi connectivity index (χ0v) is 12.1. The smallest absolute Gasteiger partial charge is 0.326 e. The number of nitrogens with one attached hydrogen (secondary N) is 1. The summed E-state index contributed by atoms with van der Waals surface area (Å²) in [5.74, 6) is -1.50. The molecular weight excluding hydrogens is 254 g/mol. The number of carboxylic acid groups (broad SMARTS) is 1. The summed E-state index contributed by atoms with van der Waals surface area (Å²) in [6.45, 7) is 5.68. The van der Waals surface area contributed by atoms with Crippen LogP contribution in [-0.4, -0.2) is 23.0 Å². The highest BCUT2D eigenvalue weighted by Crippen LogP contribution is 2.09. The van der Waals surface area contributed by atoms with E-state index in [-0.39, 0.29) is 11.8 Å². The number of carboxylic acids is 1. The average molecular weight is 275 g/mol. The maximum atomic E-state index is 11.8. The minimum absolute atomic E-state index is 0.108. The Bertz CT molecular complexity index is 508. The van der Waals surface area contributed by atoms with Crippen LogP contribution in [0.5, 0.6) is 0 Å². The number of aryl methyl sites for hydroxylation is 1. The predicted octanol–water partition coefficient (Wildman–Crippen LogP) is 2.62. The molecule has 0 saturated carbocycles. The molecule has 0 spiro atoms. The van der Waals surface area contributed by atoms with Gasteiger partial charge in [-0.3, -0.25) is 4.79 Å². The SMILES string of the molecule is CCC(C)[C@H](NC(=O)C=Cc1cccc(C)c1)C(=O)O. The molecule has 108 valence electrons. The van der Waals surface area contributed by atoms with Gasteiger partial charge in [-0.2, -0.15) is 0 Å². The lowest BCUT2D eigenvalue weighted by Crippen LogP contribution is -2.44. The zero-order chi connectivity index (χ0) is 15.1. The van der Waals surface area contributed by atoms with Crippen molar-refractivity contribution >= 4 is 18.0 Å². The van der Waals surface area contributed by atoms with Crippen molar-refractivity contribution in [3.8, 4) is 0 Å². The highest BCUT2D eigenvalue weighted by atomic mass is 16.4. The fourth-order valence-electron chi connectivity index (χ4n) is 1.83. The van der Waals surface area contributed by atoms with Gasteiger partial charge in [0.1, 0.15) is 6.04 Å². The third kappa shape index (κ3) is 4.88. The van der Waals surface area contributed by atoms with Crippen LogP contribution in [0.3, 0.4) is 0 Å². The lowest BCUT2D eigenvalue weighted by atomic mass is 9.99. The van der Waals surface area contributed by atoms with E-state index in [1.165, 1.54) is 6.08 Å². The Kier molecular flexibility index (Phi) is 5.97. The van der Waals surface area contributed by atoms with E-state index < -0.39 is 12.0 Å². The van der Waals surface area contributed by atoms with Crippen LogP contribution < -0.4 is 5.32 Å². The summed E-state index contributed by atoms with van der Waals surface area (Å²) < 4.78 is 0. The number of carbonyl (C=O) groups excluding carboxylic acids is 1. The topological polar surface area (TPSA) is 66.4 Å². The molecule has 0 aliphatic carbocycles. The number of rotatable bonds is 6. The second kappa shape index (κ2) is 7.48. The number of amides is 1. The second-order valence-electron chi connectivity index (χ2n) is 4.96. The van der Waals surface area contributed by atoms with Crippen LogP contribution in [0.25, 0.3) is 6.08 Å². The van der Waals surface area contributed by atoms with Crippen molar-refractivity contribution in [2.75, 3.05) is 0 Å². The third-order valence-corrected chi connectivity index (χ3v) is 3.25. The Balaban J connectivity index is 2.68. The number of benzene rings is 1. The second-order valence-corrected chi connectivity index (χ2v) is 4.96. The minimum atomic E-state index is -1.00. The normalized spacial score (nSPS) is 13.9. The number of hydrogen-bond donors (Lipinski definition) is 2. The van der Waals surface area contributed by atoms with Gasteiger partial charge in [0.05, 0.1) is 0 Å². The molecule has 20 heavy (non-hydrogen) atoms. The average Bonchev–Trinajstić information content (AvgIpc) is 2.41. The molecule has 0 radical (unpaired) electrons. The van der Waals surface area contributed by atoms with Crippen molar-refractivity contribution in [3.05, 3.63) is 41.5 Å². The van der Waals surface area contributed by atoms with Crippen LogP contribution >= 0.6 is 0 Å². The molecule has 4 nitrogen and oxygen atoms in total. The van der Waals surface area contributed by atoms with Crippen LogP contribution in [0, 0.1) is 12.8 Å². The molecule has 0 saturated heterocycles. The van der Waals surface area contributed by atoms with E-state index in [1.54, 1.807) is 6.08 Å². The van der Waals surface area contributed by atoms with E-state index in [0.29, 0.717) is 6.42 Å². The maximum absolute atomic E-state index is 11.8. The van der Waals surface area contributed by atoms with E-state index in [1.807, 2.05) is 45.0 Å². The van der Waals surface area contributed by atoms with Crippen LogP contribution in [-0.2, 0) is 9.59 Å². The highest BCUT2D eigenvalue weighted by Gasteiger charge is 2.24. The van der Waals surface area contributed by atoms with Gasteiger partial charge in [-0.1, -0.05) is 50.1 Å². The van der Waals surface area contributed by atoms with Crippen molar-refractivity contribution < 1.29 is 14.7 Å². The number of aliphatic carboxylic acids is 1. The van der Waals surface area contributed by atoms with E-state index in [2.05, 4.69) is 5.32 Å². The first-order valence-corrected chi connectivity index (χ1v) is 6.72. The Morgan fingerprint density at radius 1 is 1.40 bits per heavy atom. The number of carbonyl (C=O) groups is 2. The first-order valence-electron chi connectivity index (χ1n) is 6.72. The summed E-state index contributed by atoms with van der Waals surface area (Å²) in [7, 11) is 0. The molecule has 1 amide bonds. The largest absolute Gasteiger partial charge is 0.480 e. The lowest BCUT2D eigenvalue weighted by Gasteiger charge is -2.19. The summed E-state index contributed by atoms with van der Waals surface area (Å²) >= 11 is 0. The van der Waals surface area contributed by atoms with Gasteiger partial charge in [-0.25, -0.2) is 4.79 Å². The Hall–Kier alpha value is -2.10. The van der Waals surface area contributed by atoms with E-state index in [0.717, 1.165) is 11.1 Å². The van der Waals surface area contributed by atoms with Gasteiger partial charge in [-0.05, 0) is 24.5 Å². The standard InChI is InChI=1S/C16H21NO3/c1-4-12(3)15(16(19)20)17-14(18)9-8-13-7-5-6-11(2)10-13/h5-10,12,15H,4H2,1-3H3,(H,17,18)(H,19,20)/t12?,15-/m0/s1. The van der Waals surface area contributed by atoms with Crippen LogP contribution in [0.4, 0.5) is 0 Å². The Morgan fingerprint density at radius 3 is 2.65 bits per heavy atom. The van der Waals surface area contributed by atoms with Crippen molar-refractivity contribution in [1.29, 1.82) is 0 Å². The molecule has 0 aliphatic heterocycles. The summed E-state index contributed by atoms with van der Waals surface area (Å²) in [6.07, 6.45) is 3.74. The van der Waals surface area contributed by atoms with Gasteiger partial charge in [-0.15, -0.1) is 0 Å². The van der Waals surface area contributed by atoms with E-state index in [4.69, 9.17) is 5.11 Å². The molecular formula is C16H21NO3. The fraction of sp³-hybridized carbons (Fsp3) is 0.375. The monoisotopic (exact) mass is 275 g/mol. The van der Waals surface area contributed by atoms with Gasteiger partial charge in [0, 0.05) is 6.08 Å². The van der Waals surface area contributed by atoms with Crippen molar-refractivity contribution in [2.45, 2.75) is 33.2 Å². The molecule has 0 aromatic heterocycles. The number of hydrogen-bond acceptors (Lipinski definition) is 2. The molecule has 0 fully saturated rings. The van der Waals surface area contributed by atoms with Gasteiger partial charge >= 0.3 is 5.97 Å². The highest BCUT2D eigenvalue weighted by molar-refractivity contribution is 5.94. The molecule has 2 atom stereocenters. The van der Waals surface area contributed by atoms with Crippen LogP contribution in [0.15, 0.2) is 30.3 Å². The maximum Gasteiger partial charge on any atom is 0.326 e. The lowest BCUT2D eigenvalue weighted by molar-refractivity contribution is -0.142. The minimum Gasteiger partial charge on any atom is -0.480 e. The first kappa shape index (κ1) is 16.0. The van der Waals surface area contributed by atoms with Crippen molar-refractivity contribution in [2.24, 2.45) is 5.92 Å². The molecule has 0 bridgehead atoms. The Morgan fingerprint density at radius 2 is 2.10 bits per heavy atom. The molecule has 1 unspecified atom stereocenters. The Labute approximate surface area is 119 Å². The van der Waals surface area contributed by atoms with Gasteiger partial charge in [0.2, 0.25) is 5.91 Å². The van der Waals surface area contributed by atoms with Crippen LogP contribution in [0.1, 0.15) is 31.4 Å². The predicted molar refractivity (Wildman–Crippen MR) is 79.2 cm³/mol. The van der Waals surface area contributed by atoms with Gasteiger partial charge in [0.15, 0.2) is 0 Å². The molecule has 1 aromatic carbocycles. The van der Waals surface area contributed by atoms with Crippen LogP contribution in [0.2, 0.25) is 0 Å². The molecule has 4 heteroatoms. The van der Waals surface area contributed by atoms with Gasteiger partial charge < -0.3 is 10.4 Å². The molecule has 1 rings (SSSR count). The van der Waals surface area contributed by atoms with Crippen molar-refractivity contribution in [1.82, 2.24) is 5.32 Å².